The van der Waals surface area contributed by atoms with E-state index in [1.165, 1.54) is 0 Å². The predicted molar refractivity (Wildman–Crippen MR) is 82.0 cm³/mol. The Labute approximate surface area is 131 Å². The maximum absolute atomic E-state index is 12.1. The Bertz CT molecular complexity index is 524. The fraction of sp³-hybridized carbons (Fsp3) is 0.667. The van der Waals surface area contributed by atoms with Crippen molar-refractivity contribution in [3.05, 3.63) is 22.3 Å². The number of carbonyl (C=O) groups is 2. The standard InChI is InChI=1S/C18H24O4/c1-9(2)15-11-5-7-14-12(6-8-13(11)21-17(15)19)16(10(3)4)18(20)22-14/h11-14H,5-8H2,1-4H3. The zero-order valence-electron chi connectivity index (χ0n) is 13.8. The molecule has 0 N–H and O–H groups in total. The van der Waals surface area contributed by atoms with Crippen LogP contribution in [0.5, 0.6) is 0 Å². The molecule has 4 nitrogen and oxygen atoms in total. The molecule has 4 atom stereocenters. The van der Waals surface area contributed by atoms with Crippen LogP contribution in [0.2, 0.25) is 0 Å². The summed E-state index contributed by atoms with van der Waals surface area (Å²) in [7, 11) is 0. The van der Waals surface area contributed by atoms with E-state index in [1.54, 1.807) is 0 Å². The minimum atomic E-state index is -0.151. The quantitative estimate of drug-likeness (QED) is 0.509. The van der Waals surface area contributed by atoms with E-state index in [9.17, 15) is 9.59 Å². The van der Waals surface area contributed by atoms with Crippen molar-refractivity contribution >= 4 is 11.9 Å². The van der Waals surface area contributed by atoms with Gasteiger partial charge in [0.15, 0.2) is 0 Å². The summed E-state index contributed by atoms with van der Waals surface area (Å²) in [6.07, 6.45) is 3.24. The van der Waals surface area contributed by atoms with Gasteiger partial charge >= 0.3 is 11.9 Å². The average Bonchev–Trinajstić information content (AvgIpc) is 2.88. The Morgan fingerprint density at radius 1 is 0.727 bits per heavy atom. The molecule has 3 aliphatic rings. The van der Waals surface area contributed by atoms with Crippen LogP contribution in [0.1, 0.15) is 53.4 Å². The van der Waals surface area contributed by atoms with Gasteiger partial charge in [0, 0.05) is 23.0 Å². The molecular formula is C18H24O4. The minimum Gasteiger partial charge on any atom is -0.458 e. The van der Waals surface area contributed by atoms with Gasteiger partial charge in [0.25, 0.3) is 0 Å². The molecule has 4 unspecified atom stereocenters. The third-order valence-electron chi connectivity index (χ3n) is 5.20. The summed E-state index contributed by atoms with van der Waals surface area (Å²) in [4.78, 5) is 24.2. The molecule has 2 aliphatic heterocycles. The normalized spacial score (nSPS) is 34.4. The Morgan fingerprint density at radius 2 is 1.09 bits per heavy atom. The number of fused-ring (bicyclic) bond motifs is 2. The van der Waals surface area contributed by atoms with E-state index in [1.807, 2.05) is 27.7 Å². The van der Waals surface area contributed by atoms with Crippen LogP contribution in [0.3, 0.4) is 0 Å². The van der Waals surface area contributed by atoms with E-state index in [4.69, 9.17) is 9.47 Å². The van der Waals surface area contributed by atoms with Crippen molar-refractivity contribution in [1.29, 1.82) is 0 Å². The summed E-state index contributed by atoms with van der Waals surface area (Å²) < 4.78 is 11.2. The molecule has 3 fully saturated rings. The van der Waals surface area contributed by atoms with Crippen LogP contribution in [-0.4, -0.2) is 24.1 Å². The van der Waals surface area contributed by atoms with E-state index < -0.39 is 0 Å². The highest BCUT2D eigenvalue weighted by Gasteiger charge is 2.47. The SMILES string of the molecule is CC(C)=C1C(=O)OC2CCC3C(=C(C)C)C(=O)OC3CCC12. The van der Waals surface area contributed by atoms with Gasteiger partial charge in [-0.15, -0.1) is 0 Å². The molecule has 0 aromatic heterocycles. The van der Waals surface area contributed by atoms with Gasteiger partial charge in [0.1, 0.15) is 12.2 Å². The van der Waals surface area contributed by atoms with Crippen LogP contribution in [0.15, 0.2) is 22.3 Å². The third kappa shape index (κ3) is 2.38. The Kier molecular flexibility index (Phi) is 3.87. The van der Waals surface area contributed by atoms with E-state index >= 15 is 0 Å². The largest absolute Gasteiger partial charge is 0.458 e. The monoisotopic (exact) mass is 304 g/mol. The summed E-state index contributed by atoms with van der Waals surface area (Å²) in [5.74, 6) is 0.0174. The number of allylic oxidation sites excluding steroid dienone is 2. The summed E-state index contributed by atoms with van der Waals surface area (Å²) in [6.45, 7) is 7.88. The molecule has 3 rings (SSSR count). The fourth-order valence-electron chi connectivity index (χ4n) is 4.26. The first-order valence-corrected chi connectivity index (χ1v) is 8.16. The molecule has 1 saturated carbocycles. The molecule has 0 amide bonds. The van der Waals surface area contributed by atoms with E-state index in [-0.39, 0.29) is 36.0 Å². The lowest BCUT2D eigenvalue weighted by Crippen LogP contribution is -2.27. The average molecular weight is 304 g/mol. The molecule has 0 aromatic rings. The molecule has 120 valence electrons. The predicted octanol–water partition coefficient (Wildman–Crippen LogP) is 3.32. The molecule has 2 saturated heterocycles. The van der Waals surface area contributed by atoms with Crippen LogP contribution < -0.4 is 0 Å². The van der Waals surface area contributed by atoms with Crippen molar-refractivity contribution in [2.24, 2.45) is 11.8 Å². The third-order valence-corrected chi connectivity index (χ3v) is 5.20. The van der Waals surface area contributed by atoms with Crippen molar-refractivity contribution in [1.82, 2.24) is 0 Å². The molecule has 22 heavy (non-hydrogen) atoms. The maximum Gasteiger partial charge on any atom is 0.334 e. The van der Waals surface area contributed by atoms with Gasteiger partial charge in [-0.3, -0.25) is 0 Å². The van der Waals surface area contributed by atoms with Crippen LogP contribution in [0.4, 0.5) is 0 Å². The van der Waals surface area contributed by atoms with Gasteiger partial charge in [-0.2, -0.15) is 0 Å². The Morgan fingerprint density at radius 3 is 1.41 bits per heavy atom. The zero-order valence-corrected chi connectivity index (χ0v) is 13.8. The van der Waals surface area contributed by atoms with Crippen molar-refractivity contribution in [3.8, 4) is 0 Å². The van der Waals surface area contributed by atoms with Crippen molar-refractivity contribution in [2.75, 3.05) is 0 Å². The lowest BCUT2D eigenvalue weighted by atomic mass is 9.78. The van der Waals surface area contributed by atoms with E-state index in [2.05, 4.69) is 0 Å². The maximum atomic E-state index is 12.1. The highest BCUT2D eigenvalue weighted by atomic mass is 16.6. The molecule has 4 heteroatoms. The van der Waals surface area contributed by atoms with E-state index in [0.717, 1.165) is 48.0 Å². The summed E-state index contributed by atoms with van der Waals surface area (Å²) in [6, 6.07) is 0. The highest BCUT2D eigenvalue weighted by molar-refractivity contribution is 5.93. The van der Waals surface area contributed by atoms with Crippen LogP contribution >= 0.6 is 0 Å². The highest BCUT2D eigenvalue weighted by Crippen LogP contribution is 2.44. The number of hydrogen-bond donors (Lipinski definition) is 0. The molecule has 0 aromatic carbocycles. The van der Waals surface area contributed by atoms with Crippen LogP contribution in [-0.2, 0) is 19.1 Å². The summed E-state index contributed by atoms with van der Waals surface area (Å²) in [5.41, 5.74) is 3.77. The second-order valence-corrected chi connectivity index (χ2v) is 7.08. The topological polar surface area (TPSA) is 52.6 Å². The smallest absolute Gasteiger partial charge is 0.334 e. The summed E-state index contributed by atoms with van der Waals surface area (Å²) in [5, 5.41) is 0. The Balaban J connectivity index is 1.86. The van der Waals surface area contributed by atoms with Gasteiger partial charge in [0.05, 0.1) is 0 Å². The zero-order chi connectivity index (χ0) is 16.0. The lowest BCUT2D eigenvalue weighted by Gasteiger charge is -2.27. The molecule has 0 spiro atoms. The summed E-state index contributed by atoms with van der Waals surface area (Å²) >= 11 is 0. The number of hydrogen-bond acceptors (Lipinski definition) is 4. The molecule has 2 heterocycles. The molecule has 0 radical (unpaired) electrons. The van der Waals surface area contributed by atoms with Gasteiger partial charge in [0.2, 0.25) is 0 Å². The van der Waals surface area contributed by atoms with Gasteiger partial charge in [-0.05, 0) is 53.4 Å². The number of ether oxygens (including phenoxy) is 2. The van der Waals surface area contributed by atoms with Crippen molar-refractivity contribution in [2.45, 2.75) is 65.6 Å². The second kappa shape index (κ2) is 5.56. The van der Waals surface area contributed by atoms with Gasteiger partial charge < -0.3 is 9.47 Å². The minimum absolute atomic E-state index is 0.0348. The lowest BCUT2D eigenvalue weighted by molar-refractivity contribution is -0.140. The fourth-order valence-corrected chi connectivity index (χ4v) is 4.26. The number of rotatable bonds is 0. The Hall–Kier alpha value is -1.58. The molecule has 0 bridgehead atoms. The number of carbonyl (C=O) groups excluding carboxylic acids is 2. The first kappa shape index (κ1) is 15.3. The number of esters is 2. The van der Waals surface area contributed by atoms with Crippen LogP contribution in [0.25, 0.3) is 0 Å². The van der Waals surface area contributed by atoms with Gasteiger partial charge in [-0.1, -0.05) is 11.1 Å². The van der Waals surface area contributed by atoms with Crippen LogP contribution in [0, 0.1) is 11.8 Å². The van der Waals surface area contributed by atoms with Crippen molar-refractivity contribution < 1.29 is 19.1 Å². The molecular weight excluding hydrogens is 280 g/mol. The van der Waals surface area contributed by atoms with E-state index in [0.29, 0.717) is 0 Å². The second-order valence-electron chi connectivity index (χ2n) is 7.08. The van der Waals surface area contributed by atoms with Crippen molar-refractivity contribution in [3.63, 3.8) is 0 Å². The van der Waals surface area contributed by atoms with Gasteiger partial charge in [-0.25, -0.2) is 9.59 Å². The first-order chi connectivity index (χ1) is 10.4. The molecule has 1 aliphatic carbocycles. The first-order valence-electron chi connectivity index (χ1n) is 8.16.